The number of esters is 1. The third kappa shape index (κ3) is 3.75. The van der Waals surface area contributed by atoms with Crippen LogP contribution in [0.25, 0.3) is 11.0 Å². The van der Waals surface area contributed by atoms with Crippen LogP contribution in [0.3, 0.4) is 0 Å². The average Bonchev–Trinajstić information content (AvgIpc) is 3.18. The normalized spacial score (nSPS) is 24.3. The van der Waals surface area contributed by atoms with Crippen LogP contribution in [0.2, 0.25) is 0 Å². The molecule has 3 heterocycles. The Morgan fingerprint density at radius 1 is 1.43 bits per heavy atom. The van der Waals surface area contributed by atoms with Crippen LogP contribution in [0.5, 0.6) is 0 Å². The second-order valence-corrected chi connectivity index (χ2v) is 8.58. The lowest BCUT2D eigenvalue weighted by Crippen LogP contribution is -2.36. The highest BCUT2D eigenvalue weighted by atomic mass is 79.9. The Balaban J connectivity index is 1.90. The smallest absolute Gasteiger partial charge is 0.311 e. The Labute approximate surface area is 179 Å². The van der Waals surface area contributed by atoms with Gasteiger partial charge < -0.3 is 30.4 Å². The summed E-state index contributed by atoms with van der Waals surface area (Å²) >= 11 is 3.20. The topological polar surface area (TPSA) is 177 Å². The van der Waals surface area contributed by atoms with E-state index in [1.165, 1.54) is 10.9 Å². The quantitative estimate of drug-likeness (QED) is 0.365. The predicted molar refractivity (Wildman–Crippen MR) is 107 cm³/mol. The van der Waals surface area contributed by atoms with Crippen LogP contribution in [0.4, 0.5) is 0 Å². The molecule has 1 amide bonds. The fraction of sp³-hybridized carbons (Fsp3) is 0.556. The first kappa shape index (κ1) is 22.4. The van der Waals surface area contributed by atoms with E-state index in [1.54, 1.807) is 13.8 Å². The number of nitrogens with one attached hydrogen (secondary N) is 2. The summed E-state index contributed by atoms with van der Waals surface area (Å²) in [5.74, 6) is -1.20. The van der Waals surface area contributed by atoms with Crippen molar-refractivity contribution in [1.82, 2.24) is 14.5 Å². The van der Waals surface area contributed by atoms with E-state index in [1.807, 2.05) is 6.92 Å². The van der Waals surface area contributed by atoms with E-state index >= 15 is 0 Å². The summed E-state index contributed by atoms with van der Waals surface area (Å²) in [5.41, 5.74) is 4.81. The van der Waals surface area contributed by atoms with Crippen molar-refractivity contribution in [3.8, 4) is 0 Å². The molecule has 2 aromatic heterocycles. The Hall–Kier alpha value is -2.28. The minimum absolute atomic E-state index is 0.0390. The summed E-state index contributed by atoms with van der Waals surface area (Å²) in [5, 5.41) is 29.1. The van der Waals surface area contributed by atoms with Crippen molar-refractivity contribution >= 4 is 38.8 Å². The summed E-state index contributed by atoms with van der Waals surface area (Å²) in [6.45, 7) is 5.12. The third-order valence-corrected chi connectivity index (χ3v) is 6.01. The molecule has 0 bridgehead atoms. The second-order valence-electron chi connectivity index (χ2n) is 7.78. The van der Waals surface area contributed by atoms with Crippen LogP contribution in [0.1, 0.15) is 43.8 Å². The number of aliphatic hydroxyl groups excluding tert-OH is 2. The number of aromatic amines is 1. The molecule has 2 aromatic rings. The summed E-state index contributed by atoms with van der Waals surface area (Å²) in [6, 6.07) is 0. The van der Waals surface area contributed by atoms with E-state index in [-0.39, 0.29) is 33.3 Å². The van der Waals surface area contributed by atoms with Crippen molar-refractivity contribution in [2.75, 3.05) is 6.61 Å². The fourth-order valence-corrected chi connectivity index (χ4v) is 3.72. The summed E-state index contributed by atoms with van der Waals surface area (Å²) in [4.78, 5) is 30.8. The van der Waals surface area contributed by atoms with Crippen molar-refractivity contribution in [3.05, 3.63) is 22.0 Å². The maximum Gasteiger partial charge on any atom is 0.311 e. The number of carbonyl (C=O) groups excluding carboxylic acids is 2. The van der Waals surface area contributed by atoms with Crippen LogP contribution in [0.15, 0.2) is 10.9 Å². The van der Waals surface area contributed by atoms with Crippen molar-refractivity contribution in [3.63, 3.8) is 0 Å². The number of rotatable bonds is 6. The summed E-state index contributed by atoms with van der Waals surface area (Å²) < 4.78 is 12.6. The summed E-state index contributed by atoms with van der Waals surface area (Å²) in [6.07, 6.45) is -2.97. The maximum absolute atomic E-state index is 12.2. The van der Waals surface area contributed by atoms with Crippen LogP contribution >= 0.6 is 15.9 Å². The van der Waals surface area contributed by atoms with E-state index in [9.17, 15) is 19.8 Å². The van der Waals surface area contributed by atoms with E-state index in [0.717, 1.165) is 0 Å². The number of nitrogens with two attached hydrogens (primary N) is 1. The van der Waals surface area contributed by atoms with Gasteiger partial charge >= 0.3 is 5.97 Å². The third-order valence-electron chi connectivity index (χ3n) is 5.41. The second kappa shape index (κ2) is 8.10. The number of H-pyrrole nitrogens is 1. The van der Waals surface area contributed by atoms with Gasteiger partial charge in [-0.25, -0.2) is 4.98 Å². The minimum Gasteiger partial charge on any atom is -0.462 e. The number of aliphatic hydroxyl groups is 2. The van der Waals surface area contributed by atoms with Gasteiger partial charge in [0.2, 0.25) is 0 Å². The van der Waals surface area contributed by atoms with Crippen LogP contribution in [0, 0.1) is 10.8 Å². The molecule has 1 saturated heterocycles. The van der Waals surface area contributed by atoms with E-state index in [4.69, 9.17) is 20.6 Å². The van der Waals surface area contributed by atoms with Gasteiger partial charge in [0.1, 0.15) is 36.9 Å². The highest BCUT2D eigenvalue weighted by molar-refractivity contribution is 9.10. The lowest BCUT2D eigenvalue weighted by molar-refractivity contribution is -0.160. The molecule has 4 atom stereocenters. The molecule has 1 unspecified atom stereocenters. The van der Waals surface area contributed by atoms with E-state index in [2.05, 4.69) is 25.9 Å². The molecule has 0 radical (unpaired) electrons. The number of ether oxygens (including phenoxy) is 2. The van der Waals surface area contributed by atoms with Crippen LogP contribution in [-0.2, 0) is 14.3 Å². The number of fused-ring (bicyclic) bond motifs is 1. The van der Waals surface area contributed by atoms with Gasteiger partial charge in [0, 0.05) is 0 Å². The van der Waals surface area contributed by atoms with Gasteiger partial charge in [-0.1, -0.05) is 6.92 Å². The Morgan fingerprint density at radius 2 is 2.10 bits per heavy atom. The molecule has 6 N–H and O–H groups in total. The lowest BCUT2D eigenvalue weighted by atomic mass is 9.91. The van der Waals surface area contributed by atoms with Crippen LogP contribution in [-0.4, -0.2) is 61.5 Å². The molecule has 164 valence electrons. The van der Waals surface area contributed by atoms with E-state index in [0.29, 0.717) is 6.42 Å². The van der Waals surface area contributed by atoms with Crippen LogP contribution < -0.4 is 11.2 Å². The first-order valence-corrected chi connectivity index (χ1v) is 10.1. The number of primary amides is 1. The molecule has 0 saturated carbocycles. The molecular weight excluding hydrogens is 462 g/mol. The zero-order chi connectivity index (χ0) is 22.4. The molecular formula is C18H24BrN5O6. The standard InChI is InChI=1S/C18H24BrN5O6/c1-4-18(2,3)17(28)29-5-7-10(25)11(26)16(30-7)24-6-22-13(20)9-8(14(21)27)12(19)23-15(9)24/h6-7,10-11,16,20,23,25-26H,4-5H2,1-3H3,(H2,21,27)/t7-,10?,11+,16-/m0/s1. The van der Waals surface area contributed by atoms with Crippen molar-refractivity contribution < 1.29 is 29.3 Å². The number of hydrogen-bond donors (Lipinski definition) is 5. The molecule has 3 rings (SSSR count). The van der Waals surface area contributed by atoms with Gasteiger partial charge in [0.25, 0.3) is 5.91 Å². The number of hydrogen-bond acceptors (Lipinski definition) is 8. The molecule has 1 aliphatic rings. The number of nitrogens with zero attached hydrogens (tertiary/aromatic N) is 2. The predicted octanol–water partition coefficient (Wildman–Crippen LogP) is 0.304. The molecule has 12 heteroatoms. The fourth-order valence-electron chi connectivity index (χ4n) is 3.14. The largest absolute Gasteiger partial charge is 0.462 e. The van der Waals surface area contributed by atoms with Gasteiger partial charge in [0.05, 0.1) is 21.0 Å². The number of amides is 1. The molecule has 30 heavy (non-hydrogen) atoms. The Kier molecular flexibility index (Phi) is 6.05. The van der Waals surface area contributed by atoms with Gasteiger partial charge in [-0.05, 0) is 36.2 Å². The van der Waals surface area contributed by atoms with Gasteiger partial charge in [-0.2, -0.15) is 0 Å². The number of halogens is 1. The SMILES string of the molecule is CCC(C)(C)C(=O)OC[C@@H]1O[C@H](n2cnc(=N)c3c(C(N)=O)c(Br)[nH]c32)[C@H](O)C1O. The van der Waals surface area contributed by atoms with Crippen molar-refractivity contribution in [2.24, 2.45) is 11.1 Å². The maximum atomic E-state index is 12.2. The average molecular weight is 486 g/mol. The monoisotopic (exact) mass is 485 g/mol. The zero-order valence-corrected chi connectivity index (χ0v) is 18.3. The Morgan fingerprint density at radius 3 is 2.70 bits per heavy atom. The number of aromatic nitrogens is 3. The van der Waals surface area contributed by atoms with Crippen molar-refractivity contribution in [2.45, 2.75) is 51.7 Å². The zero-order valence-electron chi connectivity index (χ0n) is 16.7. The molecule has 0 aliphatic carbocycles. The minimum atomic E-state index is -1.38. The summed E-state index contributed by atoms with van der Waals surface area (Å²) in [7, 11) is 0. The molecule has 1 aliphatic heterocycles. The molecule has 0 aromatic carbocycles. The Bertz CT molecular complexity index is 1050. The first-order valence-electron chi connectivity index (χ1n) is 9.31. The molecule has 11 nitrogen and oxygen atoms in total. The first-order chi connectivity index (χ1) is 14.0. The van der Waals surface area contributed by atoms with Crippen molar-refractivity contribution in [1.29, 1.82) is 5.41 Å². The number of carbonyl (C=O) groups is 2. The highest BCUT2D eigenvalue weighted by Crippen LogP contribution is 2.33. The highest BCUT2D eigenvalue weighted by Gasteiger charge is 2.45. The van der Waals surface area contributed by atoms with Gasteiger partial charge in [-0.3, -0.25) is 19.6 Å². The molecule has 0 spiro atoms. The van der Waals surface area contributed by atoms with Gasteiger partial charge in [0.15, 0.2) is 11.7 Å². The molecule has 1 fully saturated rings. The lowest BCUT2D eigenvalue weighted by Gasteiger charge is -2.22. The van der Waals surface area contributed by atoms with E-state index < -0.39 is 41.8 Å². The van der Waals surface area contributed by atoms with Gasteiger partial charge in [-0.15, -0.1) is 0 Å².